The maximum Gasteiger partial charge on any atom is 0.258 e. The molecule has 0 saturated heterocycles. The number of hydrogen-bond donors (Lipinski definition) is 2. The molecule has 2 aromatic heterocycles. The number of nitrogens with zero attached hydrogens (tertiary/aromatic N) is 4. The van der Waals surface area contributed by atoms with Crippen LogP contribution in [-0.4, -0.2) is 50.6 Å². The van der Waals surface area contributed by atoms with Crippen molar-refractivity contribution in [2.75, 3.05) is 24.2 Å². The van der Waals surface area contributed by atoms with Crippen molar-refractivity contribution in [2.45, 2.75) is 38.5 Å². The molecule has 0 spiro atoms. The van der Waals surface area contributed by atoms with E-state index in [2.05, 4.69) is 46.5 Å². The number of amides is 1. The van der Waals surface area contributed by atoms with E-state index >= 15 is 0 Å². The van der Waals surface area contributed by atoms with Crippen molar-refractivity contribution in [1.82, 2.24) is 25.1 Å². The van der Waals surface area contributed by atoms with Gasteiger partial charge in [0.1, 0.15) is 11.6 Å². The summed E-state index contributed by atoms with van der Waals surface area (Å²) in [6, 6.07) is 7.12. The van der Waals surface area contributed by atoms with E-state index < -0.39 is 0 Å². The van der Waals surface area contributed by atoms with Crippen LogP contribution < -0.4 is 15.4 Å². The summed E-state index contributed by atoms with van der Waals surface area (Å²) in [6.45, 7) is 7.02. The van der Waals surface area contributed by atoms with E-state index in [1.807, 2.05) is 0 Å². The molecule has 0 bridgehead atoms. The third-order valence-electron chi connectivity index (χ3n) is 4.00. The standard InChI is InChI=1S/C20H25ClN6O2S/c1-4-30-20-25-18(24-13(2)3)16-11-23-27(19(16)26-20)10-9-22-17(28)12-29-15-7-5-14(21)6-8-15/h5-8,11,13H,4,9-10,12H2,1-3H3,(H,22,28)(H,24,25,26). The van der Waals surface area contributed by atoms with E-state index in [4.69, 9.17) is 16.3 Å². The van der Waals surface area contributed by atoms with Crippen LogP contribution in [-0.2, 0) is 11.3 Å². The van der Waals surface area contributed by atoms with E-state index in [1.54, 1.807) is 46.9 Å². The van der Waals surface area contributed by atoms with Crippen molar-refractivity contribution in [1.29, 1.82) is 0 Å². The average Bonchev–Trinajstić information content (AvgIpc) is 3.11. The van der Waals surface area contributed by atoms with Gasteiger partial charge in [-0.25, -0.2) is 14.6 Å². The number of rotatable bonds is 10. The summed E-state index contributed by atoms with van der Waals surface area (Å²) in [7, 11) is 0. The number of thioether (sulfide) groups is 1. The summed E-state index contributed by atoms with van der Waals surface area (Å²) >= 11 is 7.42. The summed E-state index contributed by atoms with van der Waals surface area (Å²) in [5.41, 5.74) is 0.746. The van der Waals surface area contributed by atoms with Crippen LogP contribution >= 0.6 is 23.4 Å². The lowest BCUT2D eigenvalue weighted by Crippen LogP contribution is -2.31. The number of benzene rings is 1. The molecular weight excluding hydrogens is 424 g/mol. The molecular formula is C20H25ClN6O2S. The fourth-order valence-corrected chi connectivity index (χ4v) is 3.40. The molecule has 0 aliphatic heterocycles. The van der Waals surface area contributed by atoms with Crippen LogP contribution in [0.5, 0.6) is 5.75 Å². The van der Waals surface area contributed by atoms with Crippen LogP contribution in [0.15, 0.2) is 35.6 Å². The Labute approximate surface area is 184 Å². The van der Waals surface area contributed by atoms with Gasteiger partial charge in [0.25, 0.3) is 5.91 Å². The molecule has 0 aliphatic rings. The van der Waals surface area contributed by atoms with Gasteiger partial charge in [-0.05, 0) is 43.9 Å². The number of carbonyl (C=O) groups is 1. The lowest BCUT2D eigenvalue weighted by atomic mass is 10.3. The summed E-state index contributed by atoms with van der Waals surface area (Å²) in [5.74, 6) is 2.04. The van der Waals surface area contributed by atoms with E-state index in [-0.39, 0.29) is 18.6 Å². The van der Waals surface area contributed by atoms with Crippen LogP contribution in [0.3, 0.4) is 0 Å². The molecule has 0 unspecified atom stereocenters. The third-order valence-corrected chi connectivity index (χ3v) is 4.99. The molecule has 3 aromatic rings. The van der Waals surface area contributed by atoms with Gasteiger partial charge in [0.15, 0.2) is 17.4 Å². The van der Waals surface area contributed by atoms with Gasteiger partial charge >= 0.3 is 0 Å². The second-order valence-electron chi connectivity index (χ2n) is 6.78. The minimum atomic E-state index is -0.208. The van der Waals surface area contributed by atoms with Gasteiger partial charge in [0.2, 0.25) is 0 Å². The zero-order chi connectivity index (χ0) is 21.5. The Bertz CT molecular complexity index is 993. The maximum atomic E-state index is 12.1. The molecule has 3 rings (SSSR count). The molecule has 10 heteroatoms. The largest absolute Gasteiger partial charge is 0.484 e. The Morgan fingerprint density at radius 3 is 2.73 bits per heavy atom. The Kier molecular flexibility index (Phi) is 7.75. The topological polar surface area (TPSA) is 94.0 Å². The Hall–Kier alpha value is -2.52. The van der Waals surface area contributed by atoms with Crippen LogP contribution in [0.1, 0.15) is 20.8 Å². The number of nitrogens with one attached hydrogen (secondary N) is 2. The van der Waals surface area contributed by atoms with Crippen molar-refractivity contribution < 1.29 is 9.53 Å². The SMILES string of the molecule is CCSc1nc(NC(C)C)c2cnn(CCNC(=O)COc3ccc(Cl)cc3)c2n1. The second kappa shape index (κ2) is 10.5. The number of hydrogen-bond acceptors (Lipinski definition) is 7. The van der Waals surface area contributed by atoms with Crippen molar-refractivity contribution in [2.24, 2.45) is 0 Å². The Balaban J connectivity index is 1.60. The predicted molar refractivity (Wildman–Crippen MR) is 120 cm³/mol. The Morgan fingerprint density at radius 2 is 2.03 bits per heavy atom. The molecule has 2 heterocycles. The van der Waals surface area contributed by atoms with Crippen LogP contribution in [0.25, 0.3) is 11.0 Å². The molecule has 8 nitrogen and oxygen atoms in total. The number of anilines is 1. The summed E-state index contributed by atoms with van der Waals surface area (Å²) in [5, 5.41) is 12.8. The first-order valence-electron chi connectivity index (χ1n) is 9.74. The van der Waals surface area contributed by atoms with E-state index in [0.29, 0.717) is 29.0 Å². The second-order valence-corrected chi connectivity index (χ2v) is 8.45. The van der Waals surface area contributed by atoms with E-state index in [1.165, 1.54) is 0 Å². The molecule has 0 atom stereocenters. The highest BCUT2D eigenvalue weighted by atomic mass is 35.5. The molecule has 1 aromatic carbocycles. The van der Waals surface area contributed by atoms with Gasteiger partial charge in [-0.3, -0.25) is 4.79 Å². The van der Waals surface area contributed by atoms with E-state index in [9.17, 15) is 4.79 Å². The highest BCUT2D eigenvalue weighted by Gasteiger charge is 2.14. The van der Waals surface area contributed by atoms with Crippen LogP contribution in [0.2, 0.25) is 5.02 Å². The fraction of sp³-hybridized carbons (Fsp3) is 0.400. The first kappa shape index (κ1) is 22.2. The Morgan fingerprint density at radius 1 is 1.27 bits per heavy atom. The number of aromatic nitrogens is 4. The van der Waals surface area contributed by atoms with Gasteiger partial charge in [-0.2, -0.15) is 5.10 Å². The molecule has 0 aliphatic carbocycles. The summed E-state index contributed by atoms with van der Waals surface area (Å²) in [6.07, 6.45) is 1.76. The van der Waals surface area contributed by atoms with Crippen molar-refractivity contribution in [3.05, 3.63) is 35.5 Å². The maximum absolute atomic E-state index is 12.1. The molecule has 1 amide bonds. The van der Waals surface area contributed by atoms with Crippen molar-refractivity contribution >= 4 is 46.1 Å². The van der Waals surface area contributed by atoms with Gasteiger partial charge in [-0.1, -0.05) is 30.3 Å². The lowest BCUT2D eigenvalue weighted by molar-refractivity contribution is -0.123. The number of halogens is 1. The lowest BCUT2D eigenvalue weighted by Gasteiger charge is -2.12. The third kappa shape index (κ3) is 5.99. The number of ether oxygens (including phenoxy) is 1. The minimum Gasteiger partial charge on any atom is -0.484 e. The smallest absolute Gasteiger partial charge is 0.258 e. The highest BCUT2D eigenvalue weighted by Crippen LogP contribution is 2.24. The fourth-order valence-electron chi connectivity index (χ4n) is 2.71. The minimum absolute atomic E-state index is 0.0661. The average molecular weight is 449 g/mol. The summed E-state index contributed by atoms with van der Waals surface area (Å²) in [4.78, 5) is 21.3. The van der Waals surface area contributed by atoms with Crippen molar-refractivity contribution in [3.8, 4) is 5.75 Å². The van der Waals surface area contributed by atoms with Gasteiger partial charge < -0.3 is 15.4 Å². The molecule has 0 fully saturated rings. The molecule has 160 valence electrons. The molecule has 0 saturated carbocycles. The monoisotopic (exact) mass is 448 g/mol. The molecule has 30 heavy (non-hydrogen) atoms. The van der Waals surface area contributed by atoms with Crippen LogP contribution in [0, 0.1) is 0 Å². The number of carbonyl (C=O) groups excluding carboxylic acids is 1. The van der Waals surface area contributed by atoms with Crippen LogP contribution in [0.4, 0.5) is 5.82 Å². The predicted octanol–water partition coefficient (Wildman–Crippen LogP) is 3.61. The zero-order valence-electron chi connectivity index (χ0n) is 17.2. The number of fused-ring (bicyclic) bond motifs is 1. The molecule has 2 N–H and O–H groups in total. The quantitative estimate of drug-likeness (QED) is 0.361. The van der Waals surface area contributed by atoms with Gasteiger partial charge in [0.05, 0.1) is 18.1 Å². The van der Waals surface area contributed by atoms with E-state index in [0.717, 1.165) is 22.6 Å². The van der Waals surface area contributed by atoms with Crippen molar-refractivity contribution in [3.63, 3.8) is 0 Å². The highest BCUT2D eigenvalue weighted by molar-refractivity contribution is 7.99. The first-order valence-corrected chi connectivity index (χ1v) is 11.1. The normalized spacial score (nSPS) is 11.1. The summed E-state index contributed by atoms with van der Waals surface area (Å²) < 4.78 is 7.23. The van der Waals surface area contributed by atoms with Gasteiger partial charge in [0, 0.05) is 17.6 Å². The molecule has 0 radical (unpaired) electrons. The first-order chi connectivity index (χ1) is 14.5. The zero-order valence-corrected chi connectivity index (χ0v) is 18.8. The van der Waals surface area contributed by atoms with Gasteiger partial charge in [-0.15, -0.1) is 0 Å².